The summed E-state index contributed by atoms with van der Waals surface area (Å²) in [5.41, 5.74) is 0. The number of phosphoric acid groups is 1. The molecule has 11 heteroatoms. The van der Waals surface area contributed by atoms with Gasteiger partial charge in [-0.3, -0.25) is 14.2 Å². The van der Waals surface area contributed by atoms with Gasteiger partial charge in [-0.05, 0) is 77.0 Å². The number of quaternary nitrogens is 1. The van der Waals surface area contributed by atoms with Gasteiger partial charge in [0.2, 0.25) is 0 Å². The molecule has 57 heavy (non-hydrogen) atoms. The van der Waals surface area contributed by atoms with Crippen LogP contribution < -0.4 is 4.89 Å². The van der Waals surface area contributed by atoms with Gasteiger partial charge in [0.25, 0.3) is 7.82 Å². The van der Waals surface area contributed by atoms with E-state index < -0.39 is 38.6 Å². The largest absolute Gasteiger partial charge is 0.756 e. The summed E-state index contributed by atoms with van der Waals surface area (Å²) in [5, 5.41) is 10.0. The maximum absolute atomic E-state index is 12.7. The van der Waals surface area contributed by atoms with Crippen LogP contribution in [0.5, 0.6) is 0 Å². The number of hydrogen-bond donors (Lipinski definition) is 1. The van der Waals surface area contributed by atoms with Gasteiger partial charge in [-0.15, -0.1) is 0 Å². The fourth-order valence-corrected chi connectivity index (χ4v) is 5.63. The summed E-state index contributed by atoms with van der Waals surface area (Å²) in [7, 11) is 1.07. The SMILES string of the molecule is CC/C=C\C/C=C\C/C=C\CCCCCCCC(=O)O[C@H](COC(=O)CCC/C=C\C/C=C\C=C\C(O)C/C=C\C/C=C\CC)COP(=O)([O-])OCC[N+](C)(C)C. The molecule has 0 aromatic carbocycles. The molecule has 0 aliphatic rings. The number of carbonyl (C=O) groups is 2. The van der Waals surface area contributed by atoms with Crippen LogP contribution in [0.25, 0.3) is 0 Å². The van der Waals surface area contributed by atoms with Crippen molar-refractivity contribution in [2.45, 2.75) is 135 Å². The molecule has 0 aromatic rings. The van der Waals surface area contributed by atoms with E-state index in [-0.39, 0.29) is 26.1 Å². The summed E-state index contributed by atoms with van der Waals surface area (Å²) in [4.78, 5) is 37.5. The fourth-order valence-electron chi connectivity index (χ4n) is 4.90. The zero-order valence-electron chi connectivity index (χ0n) is 35.8. The summed E-state index contributed by atoms with van der Waals surface area (Å²) in [6, 6.07) is 0. The predicted molar refractivity (Wildman–Crippen MR) is 232 cm³/mol. The molecule has 2 unspecified atom stereocenters. The van der Waals surface area contributed by atoms with Crippen molar-refractivity contribution in [2.24, 2.45) is 0 Å². The fraction of sp³-hybridized carbons (Fsp3) is 0.609. The predicted octanol–water partition coefficient (Wildman–Crippen LogP) is 10.1. The zero-order chi connectivity index (χ0) is 42.3. The molecule has 3 atom stereocenters. The second kappa shape index (κ2) is 37.2. The molecule has 0 aliphatic heterocycles. The van der Waals surface area contributed by atoms with E-state index in [0.29, 0.717) is 36.7 Å². The van der Waals surface area contributed by atoms with Crippen LogP contribution in [-0.2, 0) is 32.7 Å². The number of aliphatic hydroxyl groups is 1. The molecular weight excluding hydrogens is 741 g/mol. The highest BCUT2D eigenvalue weighted by Gasteiger charge is 2.21. The van der Waals surface area contributed by atoms with Crippen molar-refractivity contribution in [3.8, 4) is 0 Å². The minimum absolute atomic E-state index is 0.0592. The van der Waals surface area contributed by atoms with E-state index >= 15 is 0 Å². The number of rotatable bonds is 36. The number of allylic oxidation sites excluding steroid dienone is 14. The number of nitrogens with zero attached hydrogens (tertiary/aromatic N) is 1. The average Bonchev–Trinajstić information content (AvgIpc) is 3.15. The number of carbonyl (C=O) groups excluding carboxylic acids is 2. The molecule has 0 saturated heterocycles. The van der Waals surface area contributed by atoms with Crippen LogP contribution in [0.4, 0.5) is 0 Å². The molecule has 0 spiro atoms. The molecule has 0 aromatic heterocycles. The molecule has 0 heterocycles. The molecule has 0 radical (unpaired) electrons. The van der Waals surface area contributed by atoms with Gasteiger partial charge in [0.05, 0.1) is 33.9 Å². The Hall–Kier alpha value is -3.11. The highest BCUT2D eigenvalue weighted by atomic mass is 31.2. The highest BCUT2D eigenvalue weighted by Crippen LogP contribution is 2.38. The topological polar surface area (TPSA) is 131 Å². The normalized spacial score (nSPS) is 15.1. The van der Waals surface area contributed by atoms with Gasteiger partial charge >= 0.3 is 11.9 Å². The van der Waals surface area contributed by atoms with Crippen LogP contribution in [0.3, 0.4) is 0 Å². The Morgan fingerprint density at radius 3 is 1.84 bits per heavy atom. The van der Waals surface area contributed by atoms with Gasteiger partial charge in [0.15, 0.2) is 6.10 Å². The molecule has 0 aliphatic carbocycles. The molecular formula is C46H76NO9P. The van der Waals surface area contributed by atoms with Crippen molar-refractivity contribution in [1.29, 1.82) is 0 Å². The number of ether oxygens (including phenoxy) is 2. The third kappa shape index (κ3) is 40.9. The lowest BCUT2D eigenvalue weighted by Crippen LogP contribution is -2.37. The van der Waals surface area contributed by atoms with Crippen molar-refractivity contribution in [3.05, 3.63) is 97.2 Å². The van der Waals surface area contributed by atoms with E-state index in [4.69, 9.17) is 18.5 Å². The van der Waals surface area contributed by atoms with E-state index in [0.717, 1.165) is 70.6 Å². The zero-order valence-corrected chi connectivity index (χ0v) is 36.7. The van der Waals surface area contributed by atoms with Crippen molar-refractivity contribution in [2.75, 3.05) is 47.5 Å². The summed E-state index contributed by atoms with van der Waals surface area (Å²) in [6.07, 6.45) is 44.7. The first-order valence-corrected chi connectivity index (χ1v) is 22.5. The Labute approximate surface area is 346 Å². The number of unbranched alkanes of at least 4 members (excludes halogenated alkanes) is 6. The molecule has 0 fully saturated rings. The second-order valence-corrected chi connectivity index (χ2v) is 16.2. The summed E-state index contributed by atoms with van der Waals surface area (Å²) >= 11 is 0. The lowest BCUT2D eigenvalue weighted by Gasteiger charge is -2.28. The first kappa shape index (κ1) is 53.9. The number of phosphoric ester groups is 1. The Kier molecular flexibility index (Phi) is 35.2. The summed E-state index contributed by atoms with van der Waals surface area (Å²) in [6.45, 7) is 3.78. The Morgan fingerprint density at radius 1 is 0.649 bits per heavy atom. The van der Waals surface area contributed by atoms with E-state index in [1.807, 2.05) is 63.7 Å². The van der Waals surface area contributed by atoms with Gasteiger partial charge in [-0.1, -0.05) is 130 Å². The molecule has 0 saturated carbocycles. The van der Waals surface area contributed by atoms with Gasteiger partial charge in [-0.2, -0.15) is 0 Å². The molecule has 324 valence electrons. The van der Waals surface area contributed by atoms with Crippen molar-refractivity contribution in [3.63, 3.8) is 0 Å². The van der Waals surface area contributed by atoms with Gasteiger partial charge < -0.3 is 33.0 Å². The van der Waals surface area contributed by atoms with E-state index in [2.05, 4.69) is 62.5 Å². The van der Waals surface area contributed by atoms with E-state index in [1.165, 1.54) is 0 Å². The Bertz CT molecular complexity index is 1310. The third-order valence-electron chi connectivity index (χ3n) is 8.18. The monoisotopic (exact) mass is 818 g/mol. The Balaban J connectivity index is 4.59. The number of aliphatic hydroxyl groups excluding tert-OH is 1. The summed E-state index contributed by atoms with van der Waals surface area (Å²) in [5.74, 6) is -0.975. The minimum atomic E-state index is -4.66. The average molecular weight is 818 g/mol. The lowest BCUT2D eigenvalue weighted by atomic mass is 10.1. The second-order valence-electron chi connectivity index (χ2n) is 14.8. The van der Waals surface area contributed by atoms with Crippen molar-refractivity contribution in [1.82, 2.24) is 0 Å². The van der Waals surface area contributed by atoms with Crippen LogP contribution in [-0.4, -0.2) is 81.2 Å². The lowest BCUT2D eigenvalue weighted by molar-refractivity contribution is -0.870. The van der Waals surface area contributed by atoms with Gasteiger partial charge in [-0.25, -0.2) is 0 Å². The first-order chi connectivity index (χ1) is 27.4. The molecule has 0 rings (SSSR count). The Morgan fingerprint density at radius 2 is 1.19 bits per heavy atom. The maximum atomic E-state index is 12.7. The van der Waals surface area contributed by atoms with E-state index in [1.54, 1.807) is 6.08 Å². The number of hydrogen-bond acceptors (Lipinski definition) is 9. The number of likely N-dealkylation sites (N-methyl/N-ethyl adjacent to an activating group) is 1. The maximum Gasteiger partial charge on any atom is 0.306 e. The third-order valence-corrected chi connectivity index (χ3v) is 9.14. The van der Waals surface area contributed by atoms with E-state index in [9.17, 15) is 24.2 Å². The standard InChI is InChI=1S/C46H76NO9P/c1-6-8-10-12-14-15-16-17-18-19-20-21-26-30-34-38-46(50)56-44(42-55-57(51,52)54-40-39-47(3,4)5)41-53-45(49)37-33-29-25-23-22-24-28-32-36-43(48)35-31-27-13-11-9-7-2/h8-11,14-15,17-18,23-25,27-28,31-32,36,43-44,48H,6-7,12-13,16,19-22,26,29-30,33-35,37-42H2,1-5H3/b10-8-,11-9-,15-14-,18-17-,25-23-,28-24-,31-27-,36-32+/t43?,44-/m1/s1. The van der Waals surface area contributed by atoms with Gasteiger partial charge in [0, 0.05) is 12.8 Å². The van der Waals surface area contributed by atoms with Crippen LogP contribution in [0.1, 0.15) is 123 Å². The highest BCUT2D eigenvalue weighted by molar-refractivity contribution is 7.45. The minimum Gasteiger partial charge on any atom is -0.756 e. The molecule has 1 N–H and O–H groups in total. The summed E-state index contributed by atoms with van der Waals surface area (Å²) < 4.78 is 33.7. The van der Waals surface area contributed by atoms with Crippen molar-refractivity contribution < 1.29 is 47.2 Å². The van der Waals surface area contributed by atoms with Crippen LogP contribution in [0, 0.1) is 0 Å². The van der Waals surface area contributed by atoms with Crippen LogP contribution in [0.2, 0.25) is 0 Å². The van der Waals surface area contributed by atoms with Crippen molar-refractivity contribution >= 4 is 19.8 Å². The smallest absolute Gasteiger partial charge is 0.306 e. The quantitative estimate of drug-likeness (QED) is 0.0164. The molecule has 0 amide bonds. The number of esters is 2. The molecule has 10 nitrogen and oxygen atoms in total. The van der Waals surface area contributed by atoms with Crippen LogP contribution in [0.15, 0.2) is 97.2 Å². The van der Waals surface area contributed by atoms with Gasteiger partial charge in [0.1, 0.15) is 19.8 Å². The molecule has 0 bridgehead atoms. The first-order valence-electron chi connectivity index (χ1n) is 21.1. The van der Waals surface area contributed by atoms with Crippen LogP contribution >= 0.6 is 7.82 Å².